The fourth-order valence-electron chi connectivity index (χ4n) is 3.85. The van der Waals surface area contributed by atoms with Crippen molar-refractivity contribution in [2.75, 3.05) is 18.9 Å². The molecule has 1 aliphatic heterocycles. The summed E-state index contributed by atoms with van der Waals surface area (Å²) in [5.41, 5.74) is 0.432. The zero-order chi connectivity index (χ0) is 23.4. The van der Waals surface area contributed by atoms with E-state index in [0.717, 1.165) is 19.4 Å². The highest BCUT2D eigenvalue weighted by atomic mass is 32.2. The zero-order valence-corrected chi connectivity index (χ0v) is 19.6. The van der Waals surface area contributed by atoms with Gasteiger partial charge in [0.25, 0.3) is 5.56 Å². The van der Waals surface area contributed by atoms with Crippen LogP contribution in [-0.4, -0.2) is 62.0 Å². The molecule has 2 N–H and O–H groups in total. The van der Waals surface area contributed by atoms with Gasteiger partial charge in [-0.2, -0.15) is 0 Å². The van der Waals surface area contributed by atoms with Crippen LogP contribution in [0, 0.1) is 0 Å². The number of para-hydroxylation sites is 1. The normalized spacial score (nSPS) is 16.0. The highest BCUT2D eigenvalue weighted by Gasteiger charge is 2.19. The monoisotopic (exact) mass is 472 g/mol. The molecule has 3 aromatic rings. The van der Waals surface area contributed by atoms with Crippen molar-refractivity contribution in [1.29, 1.82) is 0 Å². The van der Waals surface area contributed by atoms with Crippen LogP contribution in [0.3, 0.4) is 0 Å². The maximum atomic E-state index is 13.1. The summed E-state index contributed by atoms with van der Waals surface area (Å²) in [4.78, 5) is 37.6. The zero-order valence-electron chi connectivity index (χ0n) is 18.7. The van der Waals surface area contributed by atoms with E-state index in [1.54, 1.807) is 16.5 Å². The summed E-state index contributed by atoms with van der Waals surface area (Å²) in [7, 11) is 0. The van der Waals surface area contributed by atoms with E-state index in [1.165, 1.54) is 16.3 Å². The lowest BCUT2D eigenvalue weighted by atomic mass is 10.2. The Kier molecular flexibility index (Phi) is 7.29. The number of amides is 2. The molecule has 0 radical (unpaired) electrons. The summed E-state index contributed by atoms with van der Waals surface area (Å²) < 4.78 is 8.78. The first-order valence-electron chi connectivity index (χ1n) is 11.1. The van der Waals surface area contributed by atoms with Gasteiger partial charge in [0.15, 0.2) is 5.16 Å². The number of thioether (sulfide) groups is 1. The second-order valence-corrected chi connectivity index (χ2v) is 9.23. The van der Waals surface area contributed by atoms with E-state index in [-0.39, 0.29) is 48.2 Å². The SMILES string of the molecule is CC(C)NC(=O)CCn1c(=O)c2ccccc2n2c(SCC(=O)NCC3CCCO3)nnc12. The first-order valence-corrected chi connectivity index (χ1v) is 12.1. The number of carbonyl (C=O) groups is 2. The van der Waals surface area contributed by atoms with Crippen molar-refractivity contribution in [1.82, 2.24) is 29.8 Å². The van der Waals surface area contributed by atoms with Crippen LogP contribution in [0.5, 0.6) is 0 Å². The van der Waals surface area contributed by atoms with Crippen LogP contribution in [0.4, 0.5) is 0 Å². The van der Waals surface area contributed by atoms with Gasteiger partial charge < -0.3 is 15.4 Å². The van der Waals surface area contributed by atoms with Crippen LogP contribution in [0.15, 0.2) is 34.2 Å². The van der Waals surface area contributed by atoms with Gasteiger partial charge in [-0.05, 0) is 38.8 Å². The molecule has 0 saturated carbocycles. The van der Waals surface area contributed by atoms with Gasteiger partial charge in [0.2, 0.25) is 17.6 Å². The number of benzene rings is 1. The van der Waals surface area contributed by atoms with Gasteiger partial charge in [0.05, 0.1) is 22.8 Å². The molecule has 1 unspecified atom stereocenters. The summed E-state index contributed by atoms with van der Waals surface area (Å²) in [6.45, 7) is 5.20. The van der Waals surface area contributed by atoms with Gasteiger partial charge >= 0.3 is 0 Å². The minimum atomic E-state index is -0.228. The third-order valence-electron chi connectivity index (χ3n) is 5.37. The molecule has 10 nitrogen and oxygen atoms in total. The lowest BCUT2D eigenvalue weighted by Gasteiger charge is -2.12. The molecule has 176 valence electrons. The molecule has 1 saturated heterocycles. The van der Waals surface area contributed by atoms with Gasteiger partial charge in [0, 0.05) is 32.2 Å². The molecule has 4 rings (SSSR count). The Balaban J connectivity index is 1.57. The predicted molar refractivity (Wildman–Crippen MR) is 125 cm³/mol. The van der Waals surface area contributed by atoms with Gasteiger partial charge in [0.1, 0.15) is 0 Å². The minimum Gasteiger partial charge on any atom is -0.376 e. The molecule has 0 aliphatic carbocycles. The third kappa shape index (κ3) is 5.36. The molecule has 3 heterocycles. The number of aromatic nitrogens is 4. The summed E-state index contributed by atoms with van der Waals surface area (Å²) in [6, 6.07) is 7.22. The molecule has 1 atom stereocenters. The number of rotatable bonds is 9. The Bertz CT molecular complexity index is 1210. The Morgan fingerprint density at radius 2 is 2.06 bits per heavy atom. The molecule has 1 fully saturated rings. The van der Waals surface area contributed by atoms with Crippen molar-refractivity contribution in [3.63, 3.8) is 0 Å². The molecule has 1 aliphatic rings. The molecule has 0 bridgehead atoms. The number of hydrogen-bond acceptors (Lipinski definition) is 7. The van der Waals surface area contributed by atoms with Crippen molar-refractivity contribution in [3.8, 4) is 0 Å². The Morgan fingerprint density at radius 1 is 1.24 bits per heavy atom. The highest BCUT2D eigenvalue weighted by Crippen LogP contribution is 2.21. The molecule has 2 aromatic heterocycles. The van der Waals surface area contributed by atoms with Gasteiger partial charge in [-0.25, -0.2) is 0 Å². The Morgan fingerprint density at radius 3 is 2.82 bits per heavy atom. The summed E-state index contributed by atoms with van der Waals surface area (Å²) in [5.74, 6) is 0.256. The fourth-order valence-corrected chi connectivity index (χ4v) is 4.62. The molecule has 33 heavy (non-hydrogen) atoms. The van der Waals surface area contributed by atoms with Crippen LogP contribution in [0.2, 0.25) is 0 Å². The van der Waals surface area contributed by atoms with E-state index < -0.39 is 0 Å². The predicted octanol–water partition coefficient (Wildman–Crippen LogP) is 1.35. The third-order valence-corrected chi connectivity index (χ3v) is 6.30. The number of aryl methyl sites for hydroxylation is 1. The average molecular weight is 473 g/mol. The largest absolute Gasteiger partial charge is 0.376 e. The highest BCUT2D eigenvalue weighted by molar-refractivity contribution is 7.99. The van der Waals surface area contributed by atoms with E-state index in [9.17, 15) is 14.4 Å². The van der Waals surface area contributed by atoms with E-state index in [0.29, 0.717) is 28.4 Å². The van der Waals surface area contributed by atoms with E-state index >= 15 is 0 Å². The standard InChI is InChI=1S/C22H28N6O4S/c1-14(2)24-18(29)9-10-27-20(31)16-7-3-4-8-17(16)28-21(27)25-26-22(28)33-13-19(30)23-12-15-6-5-11-32-15/h3-4,7-8,14-15H,5-6,9-13H2,1-2H3,(H,23,30)(H,24,29). The van der Waals surface area contributed by atoms with Crippen LogP contribution in [0.1, 0.15) is 33.1 Å². The average Bonchev–Trinajstić information content (AvgIpc) is 3.46. The second kappa shape index (κ2) is 10.3. The molecular weight excluding hydrogens is 444 g/mol. The van der Waals surface area contributed by atoms with E-state index in [1.807, 2.05) is 26.0 Å². The number of carbonyl (C=O) groups excluding carboxylic acids is 2. The number of nitrogens with one attached hydrogen (secondary N) is 2. The van der Waals surface area contributed by atoms with Crippen molar-refractivity contribution >= 4 is 40.3 Å². The number of ether oxygens (including phenoxy) is 1. The van der Waals surface area contributed by atoms with Crippen molar-refractivity contribution in [2.24, 2.45) is 0 Å². The van der Waals surface area contributed by atoms with Crippen LogP contribution in [0.25, 0.3) is 16.7 Å². The summed E-state index contributed by atoms with van der Waals surface area (Å²) in [6.07, 6.45) is 2.21. The molecular formula is C22H28N6O4S. The first kappa shape index (κ1) is 23.2. The topological polar surface area (TPSA) is 120 Å². The lowest BCUT2D eigenvalue weighted by molar-refractivity contribution is -0.122. The minimum absolute atomic E-state index is 0.0216. The first-order chi connectivity index (χ1) is 15.9. The van der Waals surface area contributed by atoms with Crippen LogP contribution >= 0.6 is 11.8 Å². The van der Waals surface area contributed by atoms with Gasteiger partial charge in [-0.3, -0.25) is 23.4 Å². The van der Waals surface area contributed by atoms with E-state index in [2.05, 4.69) is 20.8 Å². The van der Waals surface area contributed by atoms with Crippen LogP contribution < -0.4 is 16.2 Å². The molecule has 11 heteroatoms. The maximum Gasteiger partial charge on any atom is 0.262 e. The maximum absolute atomic E-state index is 13.1. The quantitative estimate of drug-likeness (QED) is 0.451. The molecule has 2 amide bonds. The summed E-state index contributed by atoms with van der Waals surface area (Å²) in [5, 5.41) is 15.2. The lowest BCUT2D eigenvalue weighted by Crippen LogP contribution is -2.33. The summed E-state index contributed by atoms with van der Waals surface area (Å²) >= 11 is 1.25. The van der Waals surface area contributed by atoms with Gasteiger partial charge in [-0.15, -0.1) is 10.2 Å². The second-order valence-electron chi connectivity index (χ2n) is 8.29. The smallest absolute Gasteiger partial charge is 0.262 e. The fraction of sp³-hybridized carbons (Fsp3) is 0.500. The number of hydrogen-bond donors (Lipinski definition) is 2. The van der Waals surface area contributed by atoms with Crippen LogP contribution in [-0.2, 0) is 20.9 Å². The molecule has 1 aromatic carbocycles. The van der Waals surface area contributed by atoms with Crippen molar-refractivity contribution in [3.05, 3.63) is 34.6 Å². The molecule has 0 spiro atoms. The number of fused-ring (bicyclic) bond motifs is 3. The van der Waals surface area contributed by atoms with Crippen molar-refractivity contribution in [2.45, 2.75) is 57.0 Å². The Hall–Kier alpha value is -2.92. The van der Waals surface area contributed by atoms with E-state index in [4.69, 9.17) is 4.74 Å². The van der Waals surface area contributed by atoms with Crippen molar-refractivity contribution < 1.29 is 14.3 Å². The van der Waals surface area contributed by atoms with Gasteiger partial charge in [-0.1, -0.05) is 23.9 Å². The number of nitrogens with zero attached hydrogens (tertiary/aromatic N) is 4. The Labute approximate surface area is 195 Å².